The van der Waals surface area contributed by atoms with Crippen LogP contribution in [0.1, 0.15) is 316 Å². The Balaban J connectivity index is 4.25. The SMILES string of the molecule is CCCC/C=C\CCCCCCC(=O)OCC(COC(=O)CCCCCCCCCCCCCCCCCCCC)OC(=O)CCCCCCCCCCCCCCCCCCC. The molecule has 0 aliphatic rings. The van der Waals surface area contributed by atoms with E-state index in [1.165, 1.54) is 199 Å². The van der Waals surface area contributed by atoms with E-state index in [-0.39, 0.29) is 31.1 Å². The molecular formula is C57H108O6. The Morgan fingerprint density at radius 3 is 0.841 bits per heavy atom. The molecule has 6 nitrogen and oxygen atoms in total. The second-order valence-electron chi connectivity index (χ2n) is 19.2. The number of hydrogen-bond acceptors (Lipinski definition) is 6. The summed E-state index contributed by atoms with van der Waals surface area (Å²) in [7, 11) is 0. The van der Waals surface area contributed by atoms with Crippen LogP contribution in [0.25, 0.3) is 0 Å². The highest BCUT2D eigenvalue weighted by Crippen LogP contribution is 2.17. The number of rotatable bonds is 52. The zero-order chi connectivity index (χ0) is 45.8. The van der Waals surface area contributed by atoms with Gasteiger partial charge in [-0.3, -0.25) is 14.4 Å². The third kappa shape index (κ3) is 51.0. The van der Waals surface area contributed by atoms with Crippen molar-refractivity contribution in [1.82, 2.24) is 0 Å². The third-order valence-electron chi connectivity index (χ3n) is 12.8. The Morgan fingerprint density at radius 1 is 0.302 bits per heavy atom. The molecule has 63 heavy (non-hydrogen) atoms. The number of hydrogen-bond donors (Lipinski definition) is 0. The van der Waals surface area contributed by atoms with E-state index < -0.39 is 6.10 Å². The van der Waals surface area contributed by atoms with Crippen molar-refractivity contribution in [1.29, 1.82) is 0 Å². The fourth-order valence-corrected chi connectivity index (χ4v) is 8.49. The van der Waals surface area contributed by atoms with Crippen LogP contribution in [0.3, 0.4) is 0 Å². The van der Waals surface area contributed by atoms with E-state index in [2.05, 4.69) is 32.9 Å². The van der Waals surface area contributed by atoms with Crippen molar-refractivity contribution in [2.45, 2.75) is 322 Å². The van der Waals surface area contributed by atoms with Gasteiger partial charge in [0.1, 0.15) is 13.2 Å². The minimum absolute atomic E-state index is 0.0677. The molecule has 0 spiro atoms. The molecule has 0 N–H and O–H groups in total. The summed E-state index contributed by atoms with van der Waals surface area (Å²) in [5.41, 5.74) is 0. The summed E-state index contributed by atoms with van der Waals surface area (Å²) >= 11 is 0. The second kappa shape index (κ2) is 52.8. The van der Waals surface area contributed by atoms with Crippen LogP contribution in [0.5, 0.6) is 0 Å². The Labute approximate surface area is 392 Å². The van der Waals surface area contributed by atoms with E-state index in [9.17, 15) is 14.4 Å². The molecule has 372 valence electrons. The van der Waals surface area contributed by atoms with Gasteiger partial charge in [-0.15, -0.1) is 0 Å². The number of ether oxygens (including phenoxy) is 3. The number of carbonyl (C=O) groups excluding carboxylic acids is 3. The molecule has 0 aromatic carbocycles. The Hall–Kier alpha value is -1.85. The Bertz CT molecular complexity index is 978. The van der Waals surface area contributed by atoms with Crippen LogP contribution in [0.4, 0.5) is 0 Å². The van der Waals surface area contributed by atoms with E-state index >= 15 is 0 Å². The van der Waals surface area contributed by atoms with Crippen LogP contribution < -0.4 is 0 Å². The Kier molecular flexibility index (Phi) is 51.2. The monoisotopic (exact) mass is 889 g/mol. The van der Waals surface area contributed by atoms with Crippen molar-refractivity contribution in [3.8, 4) is 0 Å². The summed E-state index contributed by atoms with van der Waals surface area (Å²) in [5, 5.41) is 0. The molecule has 1 unspecified atom stereocenters. The lowest BCUT2D eigenvalue weighted by Crippen LogP contribution is -2.30. The maximum Gasteiger partial charge on any atom is 0.306 e. The van der Waals surface area contributed by atoms with E-state index in [0.29, 0.717) is 19.3 Å². The molecule has 0 fully saturated rings. The topological polar surface area (TPSA) is 78.9 Å². The molecule has 0 heterocycles. The van der Waals surface area contributed by atoms with Crippen LogP contribution in [-0.4, -0.2) is 37.2 Å². The Morgan fingerprint density at radius 2 is 0.540 bits per heavy atom. The number of allylic oxidation sites excluding steroid dienone is 2. The summed E-state index contributed by atoms with van der Waals surface area (Å²) in [6, 6.07) is 0. The number of carbonyl (C=O) groups is 3. The van der Waals surface area contributed by atoms with Gasteiger partial charge in [0, 0.05) is 19.3 Å². The second-order valence-corrected chi connectivity index (χ2v) is 19.2. The third-order valence-corrected chi connectivity index (χ3v) is 12.8. The fourth-order valence-electron chi connectivity index (χ4n) is 8.49. The zero-order valence-corrected chi connectivity index (χ0v) is 42.6. The molecule has 0 aliphatic heterocycles. The first kappa shape index (κ1) is 61.1. The lowest BCUT2D eigenvalue weighted by molar-refractivity contribution is -0.167. The van der Waals surface area contributed by atoms with E-state index in [1.807, 2.05) is 0 Å². The first-order valence-corrected chi connectivity index (χ1v) is 28.2. The maximum absolute atomic E-state index is 12.8. The minimum Gasteiger partial charge on any atom is -0.462 e. The molecule has 0 aliphatic carbocycles. The van der Waals surface area contributed by atoms with Gasteiger partial charge in [-0.1, -0.05) is 270 Å². The first-order chi connectivity index (χ1) is 31.0. The molecule has 0 aromatic heterocycles. The van der Waals surface area contributed by atoms with Gasteiger partial charge in [0.15, 0.2) is 6.10 Å². The van der Waals surface area contributed by atoms with Crippen LogP contribution >= 0.6 is 0 Å². The van der Waals surface area contributed by atoms with E-state index in [1.54, 1.807) is 0 Å². The predicted molar refractivity (Wildman–Crippen MR) is 270 cm³/mol. The fraction of sp³-hybridized carbons (Fsp3) is 0.912. The minimum atomic E-state index is -0.768. The average molecular weight is 889 g/mol. The highest BCUT2D eigenvalue weighted by molar-refractivity contribution is 5.71. The van der Waals surface area contributed by atoms with Crippen LogP contribution in [0.2, 0.25) is 0 Å². The summed E-state index contributed by atoms with van der Waals surface area (Å²) in [6.45, 7) is 6.64. The predicted octanol–water partition coefficient (Wildman–Crippen LogP) is 18.5. The lowest BCUT2D eigenvalue weighted by atomic mass is 10.0. The summed E-state index contributed by atoms with van der Waals surface area (Å²) in [4.78, 5) is 38.0. The first-order valence-electron chi connectivity index (χ1n) is 28.2. The molecule has 0 bridgehead atoms. The molecule has 1 atom stereocenters. The smallest absolute Gasteiger partial charge is 0.306 e. The van der Waals surface area contributed by atoms with Crippen LogP contribution in [-0.2, 0) is 28.6 Å². The normalized spacial score (nSPS) is 12.0. The molecule has 0 amide bonds. The highest BCUT2D eigenvalue weighted by Gasteiger charge is 2.19. The standard InChI is InChI=1S/C57H108O6/c1-4-7-10-13-16-19-22-24-26-28-30-31-33-35-38-41-44-47-50-56(59)62-53-54(52-61-55(58)49-46-43-40-37-21-18-15-12-9-6-3)63-57(60)51-48-45-42-39-36-34-32-29-27-25-23-20-17-14-11-8-5-2/h15,18,54H,4-14,16-17,19-53H2,1-3H3/b18-15-. The van der Waals surface area contributed by atoms with Crippen molar-refractivity contribution in [3.05, 3.63) is 12.2 Å². The molecule has 0 aromatic rings. The van der Waals surface area contributed by atoms with Crippen molar-refractivity contribution >= 4 is 17.9 Å². The van der Waals surface area contributed by atoms with Crippen molar-refractivity contribution in [2.24, 2.45) is 0 Å². The van der Waals surface area contributed by atoms with Gasteiger partial charge in [0.05, 0.1) is 0 Å². The summed E-state index contributed by atoms with van der Waals surface area (Å²) in [6.07, 6.45) is 59.2. The van der Waals surface area contributed by atoms with E-state index in [4.69, 9.17) is 14.2 Å². The van der Waals surface area contributed by atoms with Crippen molar-refractivity contribution in [2.75, 3.05) is 13.2 Å². The van der Waals surface area contributed by atoms with Gasteiger partial charge >= 0.3 is 17.9 Å². The molecule has 0 saturated heterocycles. The number of unbranched alkanes of at least 4 members (excludes halogenated alkanes) is 39. The van der Waals surface area contributed by atoms with Gasteiger partial charge in [0.2, 0.25) is 0 Å². The number of esters is 3. The van der Waals surface area contributed by atoms with Gasteiger partial charge < -0.3 is 14.2 Å². The molecule has 0 saturated carbocycles. The molecule has 6 heteroatoms. The van der Waals surface area contributed by atoms with Gasteiger partial charge in [-0.05, 0) is 38.5 Å². The largest absolute Gasteiger partial charge is 0.462 e. The zero-order valence-electron chi connectivity index (χ0n) is 42.6. The van der Waals surface area contributed by atoms with E-state index in [0.717, 1.165) is 77.0 Å². The van der Waals surface area contributed by atoms with Gasteiger partial charge in [-0.25, -0.2) is 0 Å². The van der Waals surface area contributed by atoms with Gasteiger partial charge in [-0.2, -0.15) is 0 Å². The van der Waals surface area contributed by atoms with Crippen LogP contribution in [0, 0.1) is 0 Å². The summed E-state index contributed by atoms with van der Waals surface area (Å²) in [5.74, 6) is -0.860. The van der Waals surface area contributed by atoms with Gasteiger partial charge in [0.25, 0.3) is 0 Å². The quantitative estimate of drug-likeness (QED) is 0.0262. The highest BCUT2D eigenvalue weighted by atomic mass is 16.6. The van der Waals surface area contributed by atoms with Crippen molar-refractivity contribution in [3.63, 3.8) is 0 Å². The molecule has 0 radical (unpaired) electrons. The molecule has 0 rings (SSSR count). The summed E-state index contributed by atoms with van der Waals surface area (Å²) < 4.78 is 16.8. The molecular weight excluding hydrogens is 781 g/mol. The lowest BCUT2D eigenvalue weighted by Gasteiger charge is -2.18. The van der Waals surface area contributed by atoms with Crippen molar-refractivity contribution < 1.29 is 28.6 Å². The average Bonchev–Trinajstić information content (AvgIpc) is 3.28. The van der Waals surface area contributed by atoms with Crippen LogP contribution in [0.15, 0.2) is 12.2 Å². The maximum atomic E-state index is 12.8.